The van der Waals surface area contributed by atoms with Gasteiger partial charge in [-0.1, -0.05) is 48.5 Å². The molecule has 0 fully saturated rings. The van der Waals surface area contributed by atoms with Crippen LogP contribution < -0.4 is 5.69 Å². The quantitative estimate of drug-likeness (QED) is 0.789. The third-order valence-electron chi connectivity index (χ3n) is 3.26. The Labute approximate surface area is 121 Å². The average molecular weight is 281 g/mol. The molecule has 21 heavy (non-hydrogen) atoms. The number of rotatable bonds is 4. The van der Waals surface area contributed by atoms with Gasteiger partial charge < -0.3 is 5.11 Å². The second-order valence-electron chi connectivity index (χ2n) is 4.68. The van der Waals surface area contributed by atoms with Gasteiger partial charge >= 0.3 is 5.69 Å². The van der Waals surface area contributed by atoms with E-state index in [1.807, 2.05) is 60.7 Å². The molecule has 0 bridgehead atoms. The highest BCUT2D eigenvalue weighted by Gasteiger charge is 2.13. The fourth-order valence-electron chi connectivity index (χ4n) is 2.22. The van der Waals surface area contributed by atoms with Gasteiger partial charge in [-0.05, 0) is 17.7 Å². The average Bonchev–Trinajstić information content (AvgIpc) is 2.86. The first kappa shape index (κ1) is 13.3. The van der Waals surface area contributed by atoms with Gasteiger partial charge in [0, 0.05) is 0 Å². The van der Waals surface area contributed by atoms with Crippen molar-refractivity contribution in [2.24, 2.45) is 0 Å². The van der Waals surface area contributed by atoms with Crippen LogP contribution in [0.2, 0.25) is 0 Å². The number of para-hydroxylation sites is 1. The van der Waals surface area contributed by atoms with Gasteiger partial charge in [-0.3, -0.25) is 4.57 Å². The summed E-state index contributed by atoms with van der Waals surface area (Å²) in [5, 5.41) is 13.7. The Morgan fingerprint density at radius 1 is 0.952 bits per heavy atom. The normalized spacial score (nSPS) is 10.7. The summed E-state index contributed by atoms with van der Waals surface area (Å²) in [5.41, 5.74) is 1.42. The van der Waals surface area contributed by atoms with Crippen LogP contribution in [0.15, 0.2) is 65.5 Å². The molecule has 106 valence electrons. The molecule has 1 N–H and O–H groups in total. The van der Waals surface area contributed by atoms with E-state index in [2.05, 4.69) is 5.10 Å². The van der Waals surface area contributed by atoms with Gasteiger partial charge in [0.2, 0.25) is 0 Å². The van der Waals surface area contributed by atoms with Crippen molar-refractivity contribution in [1.82, 2.24) is 14.3 Å². The van der Waals surface area contributed by atoms with Crippen molar-refractivity contribution in [1.29, 1.82) is 0 Å². The zero-order chi connectivity index (χ0) is 14.7. The summed E-state index contributed by atoms with van der Waals surface area (Å²) >= 11 is 0. The summed E-state index contributed by atoms with van der Waals surface area (Å²) in [6.45, 7) is 0.115. The molecule has 0 aliphatic heterocycles. The summed E-state index contributed by atoms with van der Waals surface area (Å²) < 4.78 is 2.80. The van der Waals surface area contributed by atoms with Crippen molar-refractivity contribution in [2.45, 2.75) is 13.2 Å². The molecular formula is C16H15N3O2. The van der Waals surface area contributed by atoms with E-state index in [9.17, 15) is 9.90 Å². The molecular weight excluding hydrogens is 266 g/mol. The number of aromatic nitrogens is 3. The predicted molar refractivity (Wildman–Crippen MR) is 79.3 cm³/mol. The van der Waals surface area contributed by atoms with E-state index in [4.69, 9.17) is 0 Å². The first-order valence-electron chi connectivity index (χ1n) is 6.68. The molecule has 0 spiro atoms. The Morgan fingerprint density at radius 3 is 2.19 bits per heavy atom. The smallest absolute Gasteiger partial charge is 0.351 e. The minimum Gasteiger partial charge on any atom is -0.388 e. The van der Waals surface area contributed by atoms with E-state index < -0.39 is 0 Å². The monoisotopic (exact) mass is 281 g/mol. The van der Waals surface area contributed by atoms with Gasteiger partial charge in [-0.2, -0.15) is 4.68 Å². The Bertz CT molecular complexity index is 776. The third kappa shape index (κ3) is 2.64. The second-order valence-corrected chi connectivity index (χ2v) is 4.68. The summed E-state index contributed by atoms with van der Waals surface area (Å²) in [6, 6.07) is 18.8. The maximum absolute atomic E-state index is 12.5. The summed E-state index contributed by atoms with van der Waals surface area (Å²) in [5.74, 6) is 0.354. The summed E-state index contributed by atoms with van der Waals surface area (Å²) in [4.78, 5) is 12.5. The molecule has 0 radical (unpaired) electrons. The zero-order valence-electron chi connectivity index (χ0n) is 11.4. The van der Waals surface area contributed by atoms with Crippen LogP contribution in [0.25, 0.3) is 5.69 Å². The minimum absolute atomic E-state index is 0.255. The first-order chi connectivity index (χ1) is 10.3. The van der Waals surface area contributed by atoms with E-state index in [1.165, 1.54) is 9.25 Å². The maximum atomic E-state index is 12.5. The van der Waals surface area contributed by atoms with Crippen molar-refractivity contribution >= 4 is 0 Å². The summed E-state index contributed by atoms with van der Waals surface area (Å²) in [6.07, 6.45) is 0. The molecule has 0 amide bonds. The molecule has 0 atom stereocenters. The lowest BCUT2D eigenvalue weighted by atomic mass is 10.2. The van der Waals surface area contributed by atoms with Crippen LogP contribution in [0.5, 0.6) is 0 Å². The van der Waals surface area contributed by atoms with Crippen LogP contribution in [-0.2, 0) is 13.2 Å². The topological polar surface area (TPSA) is 60.1 Å². The van der Waals surface area contributed by atoms with E-state index in [0.717, 1.165) is 5.56 Å². The number of hydrogen-bond acceptors (Lipinski definition) is 3. The van der Waals surface area contributed by atoms with E-state index in [-0.39, 0.29) is 12.3 Å². The van der Waals surface area contributed by atoms with Gasteiger partial charge in [-0.25, -0.2) is 4.79 Å². The highest BCUT2D eigenvalue weighted by Crippen LogP contribution is 2.07. The molecule has 0 saturated heterocycles. The largest absolute Gasteiger partial charge is 0.388 e. The number of benzene rings is 2. The molecule has 2 aromatic carbocycles. The van der Waals surface area contributed by atoms with Gasteiger partial charge in [0.1, 0.15) is 6.61 Å². The molecule has 0 aliphatic rings. The van der Waals surface area contributed by atoms with Crippen LogP contribution in [-0.4, -0.2) is 19.5 Å². The molecule has 5 nitrogen and oxygen atoms in total. The number of hydrogen-bond donors (Lipinski definition) is 1. The SMILES string of the molecule is O=c1n(-c2ccccc2)nc(CO)n1Cc1ccccc1. The fraction of sp³-hybridized carbons (Fsp3) is 0.125. The van der Waals surface area contributed by atoms with Gasteiger partial charge in [0.05, 0.1) is 12.2 Å². The molecule has 0 unspecified atom stereocenters. The lowest BCUT2D eigenvalue weighted by Gasteiger charge is -2.03. The predicted octanol–water partition coefficient (Wildman–Crippen LogP) is 1.57. The Morgan fingerprint density at radius 2 is 1.57 bits per heavy atom. The van der Waals surface area contributed by atoms with Crippen molar-refractivity contribution in [2.75, 3.05) is 0 Å². The molecule has 5 heteroatoms. The van der Waals surface area contributed by atoms with Crippen LogP contribution in [0.3, 0.4) is 0 Å². The highest BCUT2D eigenvalue weighted by atomic mass is 16.3. The molecule has 3 rings (SSSR count). The van der Waals surface area contributed by atoms with Crippen LogP contribution in [0.1, 0.15) is 11.4 Å². The molecule has 3 aromatic rings. The maximum Gasteiger partial charge on any atom is 0.351 e. The van der Waals surface area contributed by atoms with Gasteiger partial charge in [-0.15, -0.1) is 5.10 Å². The van der Waals surface area contributed by atoms with E-state index in [1.54, 1.807) is 0 Å². The van der Waals surface area contributed by atoms with E-state index >= 15 is 0 Å². The third-order valence-corrected chi connectivity index (χ3v) is 3.26. The standard InChI is InChI=1S/C16H15N3O2/c20-12-15-17-19(14-9-5-2-6-10-14)16(21)18(15)11-13-7-3-1-4-8-13/h1-10,20H,11-12H2. The number of aliphatic hydroxyl groups excluding tert-OH is 1. The van der Waals surface area contributed by atoms with Crippen molar-refractivity contribution < 1.29 is 5.11 Å². The van der Waals surface area contributed by atoms with Gasteiger partial charge in [0.25, 0.3) is 0 Å². The zero-order valence-corrected chi connectivity index (χ0v) is 11.4. The van der Waals surface area contributed by atoms with Crippen molar-refractivity contribution in [3.05, 3.63) is 82.5 Å². The second kappa shape index (κ2) is 5.76. The fourth-order valence-corrected chi connectivity index (χ4v) is 2.22. The minimum atomic E-state index is -0.276. The van der Waals surface area contributed by atoms with Gasteiger partial charge in [0.15, 0.2) is 5.82 Å². The lowest BCUT2D eigenvalue weighted by Crippen LogP contribution is -2.25. The number of aliphatic hydroxyl groups is 1. The molecule has 0 aliphatic carbocycles. The van der Waals surface area contributed by atoms with Crippen LogP contribution in [0.4, 0.5) is 0 Å². The highest BCUT2D eigenvalue weighted by molar-refractivity contribution is 5.29. The molecule has 0 saturated carbocycles. The van der Waals surface area contributed by atoms with E-state index in [0.29, 0.717) is 18.1 Å². The summed E-state index contributed by atoms with van der Waals surface area (Å²) in [7, 11) is 0. The Balaban J connectivity index is 2.05. The van der Waals surface area contributed by atoms with Crippen molar-refractivity contribution in [3.63, 3.8) is 0 Å². The Kier molecular flexibility index (Phi) is 3.66. The first-order valence-corrected chi connectivity index (χ1v) is 6.68. The molecule has 1 heterocycles. The van der Waals surface area contributed by atoms with Crippen molar-refractivity contribution in [3.8, 4) is 5.69 Å². The Hall–Kier alpha value is -2.66. The van der Waals surface area contributed by atoms with Crippen LogP contribution >= 0.6 is 0 Å². The lowest BCUT2D eigenvalue weighted by molar-refractivity contribution is 0.265. The number of nitrogens with zero attached hydrogens (tertiary/aromatic N) is 3. The molecule has 1 aromatic heterocycles. The van der Waals surface area contributed by atoms with Crippen LogP contribution in [0, 0.1) is 0 Å².